The van der Waals surface area contributed by atoms with Crippen molar-refractivity contribution < 1.29 is 13.6 Å². The molecule has 0 spiro atoms. The van der Waals surface area contributed by atoms with Crippen molar-refractivity contribution in [3.8, 4) is 0 Å². The molecule has 5 heteroatoms. The molecule has 2 heterocycles. The molecule has 120 valence electrons. The Morgan fingerprint density at radius 2 is 1.96 bits per heavy atom. The fourth-order valence-corrected chi connectivity index (χ4v) is 3.09. The lowest BCUT2D eigenvalue weighted by Crippen LogP contribution is -2.30. The van der Waals surface area contributed by atoms with Gasteiger partial charge in [-0.05, 0) is 54.7 Å². The number of amides is 1. The van der Waals surface area contributed by atoms with E-state index >= 15 is 0 Å². The predicted molar refractivity (Wildman–Crippen MR) is 82.6 cm³/mol. The van der Waals surface area contributed by atoms with Gasteiger partial charge < -0.3 is 4.90 Å². The van der Waals surface area contributed by atoms with Gasteiger partial charge in [0.1, 0.15) is 0 Å². The van der Waals surface area contributed by atoms with Crippen LogP contribution in [0.5, 0.6) is 0 Å². The lowest BCUT2D eigenvalue weighted by molar-refractivity contribution is -0.132. The van der Waals surface area contributed by atoms with Crippen molar-refractivity contribution >= 4 is 5.91 Å². The van der Waals surface area contributed by atoms with E-state index in [1.165, 1.54) is 6.07 Å². The van der Waals surface area contributed by atoms with Crippen molar-refractivity contribution in [2.45, 2.75) is 31.7 Å². The summed E-state index contributed by atoms with van der Waals surface area (Å²) in [6.45, 7) is 0.740. The highest BCUT2D eigenvalue weighted by Crippen LogP contribution is 2.32. The van der Waals surface area contributed by atoms with Crippen LogP contribution < -0.4 is 0 Å². The first-order valence-electron chi connectivity index (χ1n) is 7.78. The fraction of sp³-hybridized carbons (Fsp3) is 0.333. The van der Waals surface area contributed by atoms with Crippen molar-refractivity contribution in [2.75, 3.05) is 6.54 Å². The number of pyridine rings is 1. The maximum atomic E-state index is 13.2. The van der Waals surface area contributed by atoms with Crippen LogP contribution in [-0.4, -0.2) is 22.3 Å². The van der Waals surface area contributed by atoms with Crippen molar-refractivity contribution in [3.05, 3.63) is 65.5 Å². The average Bonchev–Trinajstić information content (AvgIpc) is 3.06. The van der Waals surface area contributed by atoms with E-state index < -0.39 is 11.6 Å². The van der Waals surface area contributed by atoms with Crippen LogP contribution in [0.2, 0.25) is 0 Å². The number of carbonyl (C=O) groups is 1. The summed E-state index contributed by atoms with van der Waals surface area (Å²) in [6, 6.07) is 7.75. The molecule has 2 aromatic rings. The molecule has 1 aromatic heterocycles. The molecular weight excluding hydrogens is 298 g/mol. The number of likely N-dealkylation sites (tertiary alicyclic amines) is 1. The average molecular weight is 316 g/mol. The van der Waals surface area contributed by atoms with Gasteiger partial charge in [-0.1, -0.05) is 6.07 Å². The van der Waals surface area contributed by atoms with Crippen LogP contribution >= 0.6 is 0 Å². The molecule has 1 amide bonds. The quantitative estimate of drug-likeness (QED) is 0.862. The first kappa shape index (κ1) is 15.6. The Morgan fingerprint density at radius 1 is 1.17 bits per heavy atom. The topological polar surface area (TPSA) is 33.2 Å². The van der Waals surface area contributed by atoms with Gasteiger partial charge in [0.15, 0.2) is 11.6 Å². The lowest BCUT2D eigenvalue weighted by atomic mass is 10.0. The normalized spacial score (nSPS) is 17.5. The van der Waals surface area contributed by atoms with E-state index in [2.05, 4.69) is 4.98 Å². The second-order valence-electron chi connectivity index (χ2n) is 5.77. The first-order chi connectivity index (χ1) is 11.1. The molecule has 1 aromatic carbocycles. The Balaban J connectivity index is 1.64. The molecule has 1 unspecified atom stereocenters. The Hall–Kier alpha value is -2.30. The summed E-state index contributed by atoms with van der Waals surface area (Å²) in [7, 11) is 0. The Kier molecular flexibility index (Phi) is 4.65. The highest BCUT2D eigenvalue weighted by Gasteiger charge is 2.29. The van der Waals surface area contributed by atoms with Gasteiger partial charge >= 0.3 is 0 Å². The van der Waals surface area contributed by atoms with Crippen LogP contribution in [0.15, 0.2) is 42.7 Å². The van der Waals surface area contributed by atoms with Gasteiger partial charge in [-0.2, -0.15) is 0 Å². The summed E-state index contributed by atoms with van der Waals surface area (Å²) >= 11 is 0. The second-order valence-corrected chi connectivity index (χ2v) is 5.77. The van der Waals surface area contributed by atoms with Crippen LogP contribution in [0.4, 0.5) is 8.78 Å². The molecule has 0 aliphatic carbocycles. The minimum Gasteiger partial charge on any atom is -0.336 e. The van der Waals surface area contributed by atoms with Gasteiger partial charge in [-0.25, -0.2) is 8.78 Å². The maximum absolute atomic E-state index is 13.2. The maximum Gasteiger partial charge on any atom is 0.223 e. The zero-order valence-electron chi connectivity index (χ0n) is 12.7. The van der Waals surface area contributed by atoms with Crippen molar-refractivity contribution in [2.24, 2.45) is 0 Å². The van der Waals surface area contributed by atoms with E-state index in [0.717, 1.165) is 37.1 Å². The standard InChI is InChI=1S/C18H18F2N2O/c19-15-5-3-13(12-16(15)20)4-6-18(23)22-11-1-2-17(22)14-7-9-21-10-8-14/h3,5,7-10,12,17H,1-2,4,6,11H2. The summed E-state index contributed by atoms with van der Waals surface area (Å²) in [5, 5.41) is 0. The molecule has 1 aliphatic rings. The number of carbonyl (C=O) groups excluding carboxylic acids is 1. The molecule has 0 saturated carbocycles. The van der Waals surface area contributed by atoms with E-state index in [0.29, 0.717) is 18.4 Å². The van der Waals surface area contributed by atoms with Gasteiger partial charge in [0.2, 0.25) is 5.91 Å². The molecule has 3 nitrogen and oxygen atoms in total. The number of halogens is 2. The summed E-state index contributed by atoms with van der Waals surface area (Å²) < 4.78 is 26.1. The summed E-state index contributed by atoms with van der Waals surface area (Å²) in [6.07, 6.45) is 6.10. The third-order valence-corrected chi connectivity index (χ3v) is 4.28. The number of nitrogens with zero attached hydrogens (tertiary/aromatic N) is 2. The number of aryl methyl sites for hydroxylation is 1. The highest BCUT2D eigenvalue weighted by atomic mass is 19.2. The molecule has 3 rings (SSSR count). The van der Waals surface area contributed by atoms with E-state index in [4.69, 9.17) is 0 Å². The zero-order valence-corrected chi connectivity index (χ0v) is 12.7. The smallest absolute Gasteiger partial charge is 0.223 e. The molecule has 1 saturated heterocycles. The molecular formula is C18H18F2N2O. The number of rotatable bonds is 4. The second kappa shape index (κ2) is 6.86. The predicted octanol–water partition coefficient (Wildman–Crippen LogP) is 3.66. The number of hydrogen-bond acceptors (Lipinski definition) is 2. The molecule has 23 heavy (non-hydrogen) atoms. The molecule has 0 radical (unpaired) electrons. The van der Waals surface area contributed by atoms with E-state index in [-0.39, 0.29) is 11.9 Å². The minimum absolute atomic E-state index is 0.0500. The van der Waals surface area contributed by atoms with E-state index in [9.17, 15) is 13.6 Å². The van der Waals surface area contributed by atoms with Gasteiger partial charge in [0, 0.05) is 25.4 Å². The zero-order chi connectivity index (χ0) is 16.2. The third kappa shape index (κ3) is 3.55. The van der Waals surface area contributed by atoms with Gasteiger partial charge in [0.25, 0.3) is 0 Å². The summed E-state index contributed by atoms with van der Waals surface area (Å²) in [4.78, 5) is 18.4. The summed E-state index contributed by atoms with van der Waals surface area (Å²) in [5.41, 5.74) is 1.73. The Morgan fingerprint density at radius 3 is 2.70 bits per heavy atom. The van der Waals surface area contributed by atoms with E-state index in [1.807, 2.05) is 17.0 Å². The van der Waals surface area contributed by atoms with Gasteiger partial charge in [-0.3, -0.25) is 9.78 Å². The molecule has 1 aliphatic heterocycles. The molecule has 0 bridgehead atoms. The van der Waals surface area contributed by atoms with Gasteiger partial charge in [0.05, 0.1) is 6.04 Å². The molecule has 1 fully saturated rings. The summed E-state index contributed by atoms with van der Waals surface area (Å²) in [5.74, 6) is -1.68. The van der Waals surface area contributed by atoms with Crippen LogP contribution in [0.25, 0.3) is 0 Å². The van der Waals surface area contributed by atoms with E-state index in [1.54, 1.807) is 12.4 Å². The Bertz CT molecular complexity index is 691. The van der Waals surface area contributed by atoms with Crippen molar-refractivity contribution in [1.29, 1.82) is 0 Å². The number of aromatic nitrogens is 1. The molecule has 1 atom stereocenters. The monoisotopic (exact) mass is 316 g/mol. The van der Waals surface area contributed by atoms with Crippen molar-refractivity contribution in [3.63, 3.8) is 0 Å². The number of hydrogen-bond donors (Lipinski definition) is 0. The third-order valence-electron chi connectivity index (χ3n) is 4.28. The van der Waals surface area contributed by atoms with Crippen LogP contribution in [0, 0.1) is 11.6 Å². The Labute approximate surface area is 134 Å². The SMILES string of the molecule is O=C(CCc1ccc(F)c(F)c1)N1CCCC1c1ccncc1. The fourth-order valence-electron chi connectivity index (χ4n) is 3.09. The first-order valence-corrected chi connectivity index (χ1v) is 7.78. The highest BCUT2D eigenvalue weighted by molar-refractivity contribution is 5.77. The number of benzene rings is 1. The van der Waals surface area contributed by atoms with Gasteiger partial charge in [-0.15, -0.1) is 0 Å². The lowest BCUT2D eigenvalue weighted by Gasteiger charge is -2.25. The minimum atomic E-state index is -0.870. The van der Waals surface area contributed by atoms with Crippen LogP contribution in [0.3, 0.4) is 0 Å². The largest absolute Gasteiger partial charge is 0.336 e. The van der Waals surface area contributed by atoms with Crippen LogP contribution in [0.1, 0.15) is 36.4 Å². The molecule has 0 N–H and O–H groups in total. The van der Waals surface area contributed by atoms with Crippen LogP contribution in [-0.2, 0) is 11.2 Å². The van der Waals surface area contributed by atoms with Crippen molar-refractivity contribution in [1.82, 2.24) is 9.88 Å².